The second-order valence-electron chi connectivity index (χ2n) is 0. The maximum absolute atomic E-state index is 7.81. The molecular weight excluding hydrogens is 225 g/mol. The van der Waals surface area contributed by atoms with Crippen LogP contribution in [0.15, 0.2) is 0 Å². The van der Waals surface area contributed by atoms with Gasteiger partial charge in [-0.05, 0) is 0 Å². The van der Waals surface area contributed by atoms with Crippen LogP contribution in [0.1, 0.15) is 0 Å². The standard InChI is InChI=1S/Cu.3O.Ti.Zn/q;;2*-2;+4;+2. The Hall–Kier alpha value is 1.58. The molecule has 0 aliphatic heterocycles. The van der Waals surface area contributed by atoms with Gasteiger partial charge in [-0.3, -0.25) is 0 Å². The predicted molar refractivity (Wildman–Crippen MR) is 2.06 cm³/mol. The second-order valence-corrected chi connectivity index (χ2v) is 0. The van der Waals surface area contributed by atoms with E-state index in [1.54, 1.807) is 0 Å². The fourth-order valence-corrected chi connectivity index (χ4v) is 0. The third-order valence-electron chi connectivity index (χ3n) is 0. The van der Waals surface area contributed by atoms with E-state index < -0.39 is 0 Å². The van der Waals surface area contributed by atoms with E-state index in [1.807, 2.05) is 0 Å². The van der Waals surface area contributed by atoms with Gasteiger partial charge in [-0.15, -0.1) is 0 Å². The van der Waals surface area contributed by atoms with E-state index in [-0.39, 0.29) is 52.1 Å². The van der Waals surface area contributed by atoms with Crippen molar-refractivity contribution in [2.24, 2.45) is 0 Å². The molecule has 0 rings (SSSR count). The average molecular weight is 225 g/mol. The SMILES string of the molecule is [O-2].[O-2].[O]=[Cu].[Ti+4].[Zn+2]. The third-order valence-corrected chi connectivity index (χ3v) is 0. The fraction of sp³-hybridized carbons (Fsp3) is 0. The van der Waals surface area contributed by atoms with Gasteiger partial charge in [0.05, 0.1) is 0 Å². The summed E-state index contributed by atoms with van der Waals surface area (Å²) in [5.41, 5.74) is 0. The van der Waals surface area contributed by atoms with Crippen LogP contribution >= 0.6 is 0 Å². The minimum Gasteiger partial charge on any atom is 2.00 e. The van der Waals surface area contributed by atoms with E-state index in [1.165, 1.54) is 0 Å². The van der Waals surface area contributed by atoms with Gasteiger partial charge in [0.1, 0.15) is 0 Å². The summed E-state index contributed by atoms with van der Waals surface area (Å²) in [4.78, 5) is 0. The summed E-state index contributed by atoms with van der Waals surface area (Å²) in [6.07, 6.45) is 0. The maximum atomic E-state index is 7.81. The van der Waals surface area contributed by atoms with Crippen LogP contribution in [-0.2, 0) is 71.9 Å². The Morgan fingerprint density at radius 3 is 1.00 bits per heavy atom. The molecule has 0 aromatic rings. The minimum absolute atomic E-state index is 0. The first kappa shape index (κ1) is 49.4. The van der Waals surface area contributed by atoms with Gasteiger partial charge in [-0.1, -0.05) is 0 Å². The molecule has 0 atom stereocenters. The van der Waals surface area contributed by atoms with Crippen molar-refractivity contribution in [3.8, 4) is 0 Å². The zero-order valence-corrected chi connectivity index (χ0v) is 8.20. The predicted octanol–water partition coefficient (Wildman–Crippen LogP) is -0.364. The van der Waals surface area contributed by atoms with Crippen LogP contribution in [0.2, 0.25) is 0 Å². The monoisotopic (exact) mass is 223 g/mol. The van der Waals surface area contributed by atoms with Crippen LogP contribution in [0.3, 0.4) is 0 Å². The fourth-order valence-electron chi connectivity index (χ4n) is 0. The van der Waals surface area contributed by atoms with E-state index in [4.69, 9.17) is 3.83 Å². The van der Waals surface area contributed by atoms with Gasteiger partial charge >= 0.3 is 61.0 Å². The van der Waals surface area contributed by atoms with Crippen molar-refractivity contribution in [3.05, 3.63) is 0 Å². The molecular formula is CuO3TiZn+2. The Kier molecular flexibility index (Phi) is 677. The number of hydrogen-bond acceptors (Lipinski definition) is 1. The molecule has 0 radical (unpaired) electrons. The molecule has 6 heavy (non-hydrogen) atoms. The smallest absolute Gasteiger partial charge is 2.00 e. The Bertz CT molecular complexity index is 10.8. The zero-order valence-electron chi connectivity index (χ0n) is 2.73. The molecule has 0 aromatic heterocycles. The molecule has 0 bridgehead atoms. The van der Waals surface area contributed by atoms with Crippen LogP contribution in [0.5, 0.6) is 0 Å². The van der Waals surface area contributed by atoms with Gasteiger partial charge in [-0.2, -0.15) is 0 Å². The molecule has 33 valence electrons. The van der Waals surface area contributed by atoms with Crippen LogP contribution in [0.25, 0.3) is 0 Å². The minimum atomic E-state index is 0. The van der Waals surface area contributed by atoms with E-state index in [2.05, 4.69) is 15.9 Å². The first-order valence-corrected chi connectivity index (χ1v) is 0.508. The summed E-state index contributed by atoms with van der Waals surface area (Å²) in [5.74, 6) is 0. The quantitative estimate of drug-likeness (QED) is 0.518. The number of rotatable bonds is 0. The van der Waals surface area contributed by atoms with Gasteiger partial charge in [0.2, 0.25) is 0 Å². The Balaban J connectivity index is -0.000000000833. The van der Waals surface area contributed by atoms with Crippen molar-refractivity contribution in [1.29, 1.82) is 0 Å². The molecule has 0 aliphatic carbocycles. The van der Waals surface area contributed by atoms with Crippen molar-refractivity contribution >= 4 is 0 Å². The summed E-state index contributed by atoms with van der Waals surface area (Å²) in [6.45, 7) is 0. The van der Waals surface area contributed by atoms with Gasteiger partial charge in [0.25, 0.3) is 0 Å². The van der Waals surface area contributed by atoms with E-state index >= 15 is 0 Å². The Morgan fingerprint density at radius 2 is 1.00 bits per heavy atom. The zero-order chi connectivity index (χ0) is 2.00. The van der Waals surface area contributed by atoms with Crippen molar-refractivity contribution in [2.75, 3.05) is 0 Å². The molecule has 6 heteroatoms. The molecule has 0 saturated carbocycles. The third kappa shape index (κ3) is 47.0. The molecule has 0 heterocycles. The molecule has 0 unspecified atom stereocenters. The summed E-state index contributed by atoms with van der Waals surface area (Å²) >= 11 is 2.94. The molecule has 0 aromatic carbocycles. The van der Waals surface area contributed by atoms with Crippen molar-refractivity contribution in [3.63, 3.8) is 0 Å². The molecule has 0 N–H and O–H groups in total. The topological polar surface area (TPSA) is 74.1 Å². The maximum Gasteiger partial charge on any atom is 4.00 e. The summed E-state index contributed by atoms with van der Waals surface area (Å²) < 4.78 is 7.81. The number of hydrogen-bond donors (Lipinski definition) is 0. The van der Waals surface area contributed by atoms with E-state index in [9.17, 15) is 0 Å². The molecule has 0 fully saturated rings. The first-order valence-electron chi connectivity index (χ1n) is 0.123. The van der Waals surface area contributed by atoms with Crippen LogP contribution in [-0.4, -0.2) is 0 Å². The van der Waals surface area contributed by atoms with Crippen molar-refractivity contribution in [2.45, 2.75) is 0 Å². The van der Waals surface area contributed by atoms with Gasteiger partial charge < -0.3 is 11.0 Å². The van der Waals surface area contributed by atoms with E-state index in [0.717, 1.165) is 0 Å². The summed E-state index contributed by atoms with van der Waals surface area (Å²) in [5, 5.41) is 0. The van der Waals surface area contributed by atoms with Crippen LogP contribution < -0.4 is 0 Å². The molecule has 0 saturated heterocycles. The molecule has 3 nitrogen and oxygen atoms in total. The largest absolute Gasteiger partial charge is 4.00 e. The Labute approximate surface area is 71.5 Å². The molecule has 0 aliphatic rings. The first-order chi connectivity index (χ1) is 1.00. The van der Waals surface area contributed by atoms with Crippen molar-refractivity contribution in [1.82, 2.24) is 0 Å². The second kappa shape index (κ2) is 82.2. The van der Waals surface area contributed by atoms with E-state index in [0.29, 0.717) is 0 Å². The molecule has 0 amide bonds. The summed E-state index contributed by atoms with van der Waals surface area (Å²) in [6, 6.07) is 0. The van der Waals surface area contributed by atoms with Gasteiger partial charge in [0.15, 0.2) is 0 Å². The van der Waals surface area contributed by atoms with Crippen molar-refractivity contribution < 1.29 is 71.9 Å². The van der Waals surface area contributed by atoms with Gasteiger partial charge in [0, 0.05) is 0 Å². The average Bonchev–Trinajstić information content (AvgIpc) is 1.00. The van der Waals surface area contributed by atoms with Gasteiger partial charge in [-0.25, -0.2) is 0 Å². The van der Waals surface area contributed by atoms with Crippen LogP contribution in [0.4, 0.5) is 0 Å². The Morgan fingerprint density at radius 1 is 1.00 bits per heavy atom. The summed E-state index contributed by atoms with van der Waals surface area (Å²) in [7, 11) is 0. The van der Waals surface area contributed by atoms with Crippen LogP contribution in [0, 0.1) is 0 Å². The normalized spacial score (nSPS) is 1.00. The molecule has 0 spiro atoms.